The number of fused-ring (bicyclic) bond motifs is 1. The van der Waals surface area contributed by atoms with Crippen LogP contribution in [0.25, 0.3) is 11.1 Å². The summed E-state index contributed by atoms with van der Waals surface area (Å²) in [6, 6.07) is 23.1. The maximum atomic E-state index is 13.1. The maximum absolute atomic E-state index is 13.1. The molecular formula is C25H23NO4S. The molecule has 1 unspecified atom stereocenters. The minimum Gasteiger partial charge on any atom is -0.440 e. The van der Waals surface area contributed by atoms with Gasteiger partial charge in [0, 0.05) is 12.0 Å². The van der Waals surface area contributed by atoms with Gasteiger partial charge in [-0.2, -0.15) is 0 Å². The van der Waals surface area contributed by atoms with E-state index in [4.69, 9.17) is 4.42 Å². The first-order valence-corrected chi connectivity index (χ1v) is 11.8. The van der Waals surface area contributed by atoms with Gasteiger partial charge in [-0.05, 0) is 37.6 Å². The normalized spacial score (nSPS) is 12.7. The number of oxazole rings is 1. The molecule has 158 valence electrons. The number of ketones is 1. The van der Waals surface area contributed by atoms with Gasteiger partial charge >= 0.3 is 0 Å². The van der Waals surface area contributed by atoms with E-state index in [2.05, 4.69) is 4.98 Å². The summed E-state index contributed by atoms with van der Waals surface area (Å²) in [5.74, 6) is -0.399. The monoisotopic (exact) mass is 433 g/mol. The molecule has 0 bridgehead atoms. The van der Waals surface area contributed by atoms with Gasteiger partial charge in [-0.3, -0.25) is 4.79 Å². The zero-order valence-electron chi connectivity index (χ0n) is 17.2. The average molecular weight is 434 g/mol. The first-order chi connectivity index (χ1) is 14.9. The van der Waals surface area contributed by atoms with Crippen LogP contribution >= 0.6 is 0 Å². The SMILES string of the molecule is Cc1ccc(S(=O)(=O)CC(CCC(=O)c2ccccc2)c2nc3ccccc3o2)cc1. The first-order valence-electron chi connectivity index (χ1n) is 10.2. The molecule has 6 heteroatoms. The van der Waals surface area contributed by atoms with Crippen LogP contribution in [0.3, 0.4) is 0 Å². The van der Waals surface area contributed by atoms with Gasteiger partial charge in [-0.15, -0.1) is 0 Å². The molecule has 0 saturated heterocycles. The number of sulfone groups is 1. The smallest absolute Gasteiger partial charge is 0.199 e. The zero-order valence-corrected chi connectivity index (χ0v) is 18.0. The molecule has 4 aromatic rings. The standard InChI is InChI=1S/C25H23NO4S/c1-18-11-14-21(15-12-18)31(28,29)17-20(13-16-23(27)19-7-3-2-4-8-19)25-26-22-9-5-6-10-24(22)30-25/h2-12,14-15,20H,13,16-17H2,1H3. The van der Waals surface area contributed by atoms with Crippen molar-refractivity contribution in [3.05, 3.63) is 95.9 Å². The molecule has 3 aromatic carbocycles. The van der Waals surface area contributed by atoms with Crippen LogP contribution < -0.4 is 0 Å². The fraction of sp³-hybridized carbons (Fsp3) is 0.200. The van der Waals surface area contributed by atoms with Crippen LogP contribution in [0, 0.1) is 6.92 Å². The number of hydrogen-bond donors (Lipinski definition) is 0. The van der Waals surface area contributed by atoms with Crippen molar-refractivity contribution in [2.75, 3.05) is 5.75 Å². The van der Waals surface area contributed by atoms with Gasteiger partial charge in [0.05, 0.1) is 16.6 Å². The lowest BCUT2D eigenvalue weighted by Crippen LogP contribution is -2.17. The molecule has 0 spiro atoms. The Morgan fingerprint density at radius 1 is 0.935 bits per heavy atom. The topological polar surface area (TPSA) is 77.2 Å². The molecule has 4 rings (SSSR count). The molecule has 1 aromatic heterocycles. The fourth-order valence-electron chi connectivity index (χ4n) is 3.52. The number of para-hydroxylation sites is 2. The van der Waals surface area contributed by atoms with Crippen molar-refractivity contribution in [3.63, 3.8) is 0 Å². The second-order valence-corrected chi connectivity index (χ2v) is 9.67. The summed E-state index contributed by atoms with van der Waals surface area (Å²) in [5.41, 5.74) is 2.87. The van der Waals surface area contributed by atoms with E-state index >= 15 is 0 Å². The van der Waals surface area contributed by atoms with Crippen molar-refractivity contribution >= 4 is 26.7 Å². The van der Waals surface area contributed by atoms with Crippen LogP contribution in [0.2, 0.25) is 0 Å². The van der Waals surface area contributed by atoms with E-state index in [1.807, 2.05) is 43.3 Å². The van der Waals surface area contributed by atoms with E-state index in [-0.39, 0.29) is 22.9 Å². The Labute approximate surface area is 181 Å². The van der Waals surface area contributed by atoms with Crippen molar-refractivity contribution in [3.8, 4) is 0 Å². The number of carbonyl (C=O) groups is 1. The van der Waals surface area contributed by atoms with Crippen molar-refractivity contribution < 1.29 is 17.6 Å². The Hall–Kier alpha value is -3.25. The van der Waals surface area contributed by atoms with Gasteiger partial charge in [0.1, 0.15) is 5.52 Å². The molecule has 31 heavy (non-hydrogen) atoms. The molecule has 0 aliphatic rings. The van der Waals surface area contributed by atoms with Crippen LogP contribution in [0.5, 0.6) is 0 Å². The molecule has 1 heterocycles. The van der Waals surface area contributed by atoms with Gasteiger partial charge in [0.2, 0.25) is 0 Å². The van der Waals surface area contributed by atoms with Gasteiger partial charge < -0.3 is 4.42 Å². The summed E-state index contributed by atoms with van der Waals surface area (Å²) in [4.78, 5) is 17.4. The number of benzene rings is 3. The predicted octanol–water partition coefficient (Wildman–Crippen LogP) is 5.36. The zero-order chi connectivity index (χ0) is 21.8. The van der Waals surface area contributed by atoms with Crippen LogP contribution in [0.15, 0.2) is 88.2 Å². The second-order valence-electron chi connectivity index (χ2n) is 7.64. The van der Waals surface area contributed by atoms with E-state index < -0.39 is 15.8 Å². The molecule has 0 aliphatic carbocycles. The Bertz CT molecular complexity index is 1260. The van der Waals surface area contributed by atoms with Gasteiger partial charge in [-0.25, -0.2) is 13.4 Å². The lowest BCUT2D eigenvalue weighted by Gasteiger charge is -2.14. The molecule has 0 N–H and O–H groups in total. The molecule has 0 fully saturated rings. The largest absolute Gasteiger partial charge is 0.440 e. The maximum Gasteiger partial charge on any atom is 0.199 e. The Balaban J connectivity index is 1.61. The molecule has 5 nitrogen and oxygen atoms in total. The molecular weight excluding hydrogens is 410 g/mol. The van der Waals surface area contributed by atoms with Crippen LogP contribution in [0.4, 0.5) is 0 Å². The summed E-state index contributed by atoms with van der Waals surface area (Å²) >= 11 is 0. The lowest BCUT2D eigenvalue weighted by molar-refractivity contribution is 0.0977. The Morgan fingerprint density at radius 3 is 2.32 bits per heavy atom. The summed E-state index contributed by atoms with van der Waals surface area (Å²) in [7, 11) is -3.59. The van der Waals surface area contributed by atoms with Crippen molar-refractivity contribution in [2.24, 2.45) is 0 Å². The predicted molar refractivity (Wildman–Crippen MR) is 120 cm³/mol. The second kappa shape index (κ2) is 8.86. The quantitative estimate of drug-likeness (QED) is 0.350. The third-order valence-corrected chi connectivity index (χ3v) is 7.11. The highest BCUT2D eigenvalue weighted by Crippen LogP contribution is 2.29. The molecule has 0 amide bonds. The summed E-state index contributed by atoms with van der Waals surface area (Å²) in [6.07, 6.45) is 0.530. The Kier molecular flexibility index (Phi) is 6.00. The van der Waals surface area contributed by atoms with E-state index in [0.29, 0.717) is 29.0 Å². The summed E-state index contributed by atoms with van der Waals surface area (Å²) in [5, 5.41) is 0. The first kappa shape index (κ1) is 21.0. The Morgan fingerprint density at radius 2 is 1.61 bits per heavy atom. The average Bonchev–Trinajstić information content (AvgIpc) is 3.21. The minimum absolute atomic E-state index is 0.0329. The van der Waals surface area contributed by atoms with Crippen LogP contribution in [-0.4, -0.2) is 24.9 Å². The molecule has 0 aliphatic heterocycles. The number of hydrogen-bond acceptors (Lipinski definition) is 5. The van der Waals surface area contributed by atoms with Crippen molar-refractivity contribution in [1.82, 2.24) is 4.98 Å². The number of carbonyl (C=O) groups excluding carboxylic acids is 1. The van der Waals surface area contributed by atoms with Crippen molar-refractivity contribution in [2.45, 2.75) is 30.6 Å². The fourth-order valence-corrected chi connectivity index (χ4v) is 5.11. The highest BCUT2D eigenvalue weighted by Gasteiger charge is 2.27. The van der Waals surface area contributed by atoms with E-state index in [1.165, 1.54) is 0 Å². The van der Waals surface area contributed by atoms with Gasteiger partial charge in [0.25, 0.3) is 0 Å². The third-order valence-electron chi connectivity index (χ3n) is 5.28. The number of rotatable bonds is 8. The number of aryl methyl sites for hydroxylation is 1. The van der Waals surface area contributed by atoms with Crippen LogP contribution in [-0.2, 0) is 9.84 Å². The van der Waals surface area contributed by atoms with Gasteiger partial charge in [0.15, 0.2) is 27.1 Å². The summed E-state index contributed by atoms with van der Waals surface area (Å²) < 4.78 is 32.1. The third kappa shape index (κ3) is 4.91. The van der Waals surface area contributed by atoms with Crippen molar-refractivity contribution in [1.29, 1.82) is 0 Å². The lowest BCUT2D eigenvalue weighted by atomic mass is 10.00. The number of Topliss-reactive ketones (excluding diaryl/α,β-unsaturated/α-hetero) is 1. The van der Waals surface area contributed by atoms with Crippen LogP contribution in [0.1, 0.15) is 40.6 Å². The highest BCUT2D eigenvalue weighted by molar-refractivity contribution is 7.91. The van der Waals surface area contributed by atoms with E-state index in [1.54, 1.807) is 42.5 Å². The molecule has 1 atom stereocenters. The molecule has 0 radical (unpaired) electrons. The number of aromatic nitrogens is 1. The molecule has 0 saturated carbocycles. The number of nitrogens with zero attached hydrogens (tertiary/aromatic N) is 1. The van der Waals surface area contributed by atoms with Gasteiger partial charge in [-0.1, -0.05) is 60.2 Å². The summed E-state index contributed by atoms with van der Waals surface area (Å²) in [6.45, 7) is 1.91. The highest BCUT2D eigenvalue weighted by atomic mass is 32.2. The van der Waals surface area contributed by atoms with E-state index in [0.717, 1.165) is 5.56 Å². The van der Waals surface area contributed by atoms with E-state index in [9.17, 15) is 13.2 Å². The minimum atomic E-state index is -3.59.